The number of thiazole rings is 1. The molecule has 1 aromatic heterocycles. The van der Waals surface area contributed by atoms with Crippen LogP contribution >= 0.6 is 11.3 Å². The molecule has 0 saturated carbocycles. The topological polar surface area (TPSA) is 80.3 Å². The number of nitrogens with zero attached hydrogens (tertiary/aromatic N) is 1. The van der Waals surface area contributed by atoms with E-state index in [0.29, 0.717) is 18.6 Å². The summed E-state index contributed by atoms with van der Waals surface area (Å²) in [5, 5.41) is 7.14. The molecule has 1 aliphatic heterocycles. The highest BCUT2D eigenvalue weighted by Gasteiger charge is 2.16. The van der Waals surface area contributed by atoms with Crippen LogP contribution in [0.2, 0.25) is 0 Å². The molecule has 0 aliphatic carbocycles. The van der Waals surface area contributed by atoms with E-state index >= 15 is 0 Å². The number of aromatic nitrogens is 1. The Kier molecular flexibility index (Phi) is 5.22. The van der Waals surface area contributed by atoms with Crippen molar-refractivity contribution in [2.24, 2.45) is 0 Å². The van der Waals surface area contributed by atoms with Gasteiger partial charge in [-0.15, -0.1) is 11.3 Å². The Morgan fingerprint density at radius 2 is 2.07 bits per heavy atom. The number of hydrogen-bond donors (Lipinski definition) is 2. The van der Waals surface area contributed by atoms with Gasteiger partial charge in [-0.25, -0.2) is 13.8 Å². The van der Waals surface area contributed by atoms with E-state index in [2.05, 4.69) is 15.6 Å². The van der Waals surface area contributed by atoms with Gasteiger partial charge in [0, 0.05) is 23.1 Å². The standard InChI is InChI=1S/C20H15F2N3O3S/c21-12-2-4-15(22)14(8-12)17-10-29-20(24-17)25-19(27)9-28-13-3-5-16-11(7-13)1-6-18(26)23-16/h2-5,7-8,10H,1,6,9H2,(H,23,26)(H,24,25,27). The number of fused-ring (bicyclic) bond motifs is 1. The summed E-state index contributed by atoms with van der Waals surface area (Å²) in [4.78, 5) is 27.6. The van der Waals surface area contributed by atoms with Gasteiger partial charge in [0.1, 0.15) is 17.4 Å². The van der Waals surface area contributed by atoms with Crippen LogP contribution in [0, 0.1) is 11.6 Å². The van der Waals surface area contributed by atoms with Gasteiger partial charge in [-0.1, -0.05) is 0 Å². The van der Waals surface area contributed by atoms with E-state index in [4.69, 9.17) is 4.74 Å². The van der Waals surface area contributed by atoms with E-state index in [1.54, 1.807) is 18.2 Å². The Morgan fingerprint density at radius 1 is 1.21 bits per heavy atom. The molecular weight excluding hydrogens is 400 g/mol. The van der Waals surface area contributed by atoms with Crippen molar-refractivity contribution in [3.63, 3.8) is 0 Å². The van der Waals surface area contributed by atoms with Gasteiger partial charge in [0.2, 0.25) is 5.91 Å². The van der Waals surface area contributed by atoms with Gasteiger partial charge in [-0.3, -0.25) is 14.9 Å². The molecule has 2 amide bonds. The van der Waals surface area contributed by atoms with Gasteiger partial charge in [0.15, 0.2) is 11.7 Å². The molecule has 0 saturated heterocycles. The molecule has 0 atom stereocenters. The van der Waals surface area contributed by atoms with E-state index < -0.39 is 17.5 Å². The Hall–Kier alpha value is -3.33. The number of carbonyl (C=O) groups is 2. The first-order chi connectivity index (χ1) is 14.0. The van der Waals surface area contributed by atoms with Crippen molar-refractivity contribution in [3.8, 4) is 17.0 Å². The molecule has 0 spiro atoms. The first-order valence-corrected chi connectivity index (χ1v) is 9.62. The maximum absolute atomic E-state index is 13.8. The molecule has 0 bridgehead atoms. The lowest BCUT2D eigenvalue weighted by molar-refractivity contribution is -0.118. The van der Waals surface area contributed by atoms with Gasteiger partial charge in [0.25, 0.3) is 5.91 Å². The van der Waals surface area contributed by atoms with Crippen molar-refractivity contribution >= 4 is 34.0 Å². The van der Waals surface area contributed by atoms with Crippen LogP contribution in [-0.4, -0.2) is 23.4 Å². The Morgan fingerprint density at radius 3 is 2.93 bits per heavy atom. The zero-order valence-corrected chi connectivity index (χ0v) is 15.8. The van der Waals surface area contributed by atoms with Crippen LogP contribution in [-0.2, 0) is 16.0 Å². The minimum atomic E-state index is -0.596. The van der Waals surface area contributed by atoms with Crippen molar-refractivity contribution in [1.82, 2.24) is 4.98 Å². The number of ether oxygens (including phenoxy) is 1. The van der Waals surface area contributed by atoms with E-state index in [1.165, 1.54) is 5.38 Å². The van der Waals surface area contributed by atoms with Crippen molar-refractivity contribution < 1.29 is 23.1 Å². The number of carbonyl (C=O) groups excluding carboxylic acids is 2. The molecule has 2 aromatic carbocycles. The zero-order valence-electron chi connectivity index (χ0n) is 15.0. The molecule has 9 heteroatoms. The SMILES string of the molecule is O=C(COc1ccc2c(c1)CCC(=O)N2)Nc1nc(-c2cc(F)ccc2F)cs1. The van der Waals surface area contributed by atoms with Gasteiger partial charge in [-0.05, 0) is 48.4 Å². The molecule has 6 nitrogen and oxygen atoms in total. The second-order valence-electron chi connectivity index (χ2n) is 6.37. The van der Waals surface area contributed by atoms with Crippen LogP contribution in [0.4, 0.5) is 19.6 Å². The molecule has 3 aromatic rings. The Labute approximate surface area is 168 Å². The molecule has 0 radical (unpaired) electrons. The zero-order chi connectivity index (χ0) is 20.4. The predicted molar refractivity (Wildman–Crippen MR) is 105 cm³/mol. The normalized spacial score (nSPS) is 12.8. The molecule has 29 heavy (non-hydrogen) atoms. The average Bonchev–Trinajstić information content (AvgIpc) is 3.16. The summed E-state index contributed by atoms with van der Waals surface area (Å²) in [7, 11) is 0. The van der Waals surface area contributed by atoms with Crippen LogP contribution in [0.5, 0.6) is 5.75 Å². The molecule has 0 unspecified atom stereocenters. The minimum Gasteiger partial charge on any atom is -0.484 e. The summed E-state index contributed by atoms with van der Waals surface area (Å²) in [5.41, 5.74) is 1.96. The third-order valence-corrected chi connectivity index (χ3v) is 5.05. The molecule has 2 N–H and O–H groups in total. The number of halogens is 2. The van der Waals surface area contributed by atoms with Crippen molar-refractivity contribution in [2.75, 3.05) is 17.2 Å². The second-order valence-corrected chi connectivity index (χ2v) is 7.22. The van der Waals surface area contributed by atoms with Crippen LogP contribution < -0.4 is 15.4 Å². The largest absolute Gasteiger partial charge is 0.484 e. The summed E-state index contributed by atoms with van der Waals surface area (Å²) in [6, 6.07) is 8.31. The van der Waals surface area contributed by atoms with Crippen LogP contribution in [0.25, 0.3) is 11.3 Å². The molecule has 4 rings (SSSR count). The summed E-state index contributed by atoms with van der Waals surface area (Å²) in [5.74, 6) is -1.11. The van der Waals surface area contributed by atoms with Gasteiger partial charge in [0.05, 0.1) is 5.69 Å². The summed E-state index contributed by atoms with van der Waals surface area (Å²) >= 11 is 1.10. The lowest BCUT2D eigenvalue weighted by Gasteiger charge is -2.17. The van der Waals surface area contributed by atoms with Crippen molar-refractivity contribution in [3.05, 3.63) is 59.0 Å². The smallest absolute Gasteiger partial charge is 0.264 e. The maximum Gasteiger partial charge on any atom is 0.264 e. The highest BCUT2D eigenvalue weighted by molar-refractivity contribution is 7.14. The molecule has 2 heterocycles. The second kappa shape index (κ2) is 7.96. The minimum absolute atomic E-state index is 0.0218. The van der Waals surface area contributed by atoms with E-state index in [9.17, 15) is 18.4 Å². The van der Waals surface area contributed by atoms with Gasteiger partial charge >= 0.3 is 0 Å². The highest BCUT2D eigenvalue weighted by atomic mass is 32.1. The van der Waals surface area contributed by atoms with E-state index in [1.807, 2.05) is 0 Å². The quantitative estimate of drug-likeness (QED) is 0.660. The molecule has 0 fully saturated rings. The van der Waals surface area contributed by atoms with Crippen LogP contribution in [0.15, 0.2) is 41.8 Å². The fraction of sp³-hybridized carbons (Fsp3) is 0.150. The molecule has 1 aliphatic rings. The number of benzene rings is 2. The monoisotopic (exact) mass is 415 g/mol. The maximum atomic E-state index is 13.8. The number of rotatable bonds is 5. The highest BCUT2D eigenvalue weighted by Crippen LogP contribution is 2.28. The summed E-state index contributed by atoms with van der Waals surface area (Å²) < 4.78 is 32.7. The number of anilines is 2. The predicted octanol–water partition coefficient (Wildman–Crippen LogP) is 3.99. The lowest BCUT2D eigenvalue weighted by atomic mass is 10.0. The fourth-order valence-corrected chi connectivity index (χ4v) is 3.63. The molecule has 148 valence electrons. The van der Waals surface area contributed by atoms with Gasteiger partial charge in [-0.2, -0.15) is 0 Å². The van der Waals surface area contributed by atoms with Crippen molar-refractivity contribution in [2.45, 2.75) is 12.8 Å². The Balaban J connectivity index is 1.36. The summed E-state index contributed by atoms with van der Waals surface area (Å²) in [6.45, 7) is -0.242. The van der Waals surface area contributed by atoms with Crippen LogP contribution in [0.3, 0.4) is 0 Å². The third-order valence-electron chi connectivity index (χ3n) is 4.30. The first-order valence-electron chi connectivity index (χ1n) is 8.74. The van der Waals surface area contributed by atoms with Crippen LogP contribution in [0.1, 0.15) is 12.0 Å². The number of hydrogen-bond acceptors (Lipinski definition) is 5. The van der Waals surface area contributed by atoms with Crippen molar-refractivity contribution in [1.29, 1.82) is 0 Å². The first kappa shape index (κ1) is 19.0. The lowest BCUT2D eigenvalue weighted by Crippen LogP contribution is -2.21. The fourth-order valence-electron chi connectivity index (χ4n) is 2.90. The third kappa shape index (κ3) is 4.40. The summed E-state index contributed by atoms with van der Waals surface area (Å²) in [6.07, 6.45) is 1.03. The van der Waals surface area contributed by atoms with Gasteiger partial charge < -0.3 is 10.1 Å². The average molecular weight is 415 g/mol. The number of amides is 2. The van der Waals surface area contributed by atoms with E-state index in [-0.39, 0.29) is 28.9 Å². The molecular formula is C20H15F2N3O3S. The number of nitrogens with one attached hydrogen (secondary N) is 2. The number of aryl methyl sites for hydroxylation is 1. The van der Waals surface area contributed by atoms with E-state index in [0.717, 1.165) is 40.8 Å². The Bertz CT molecular complexity index is 1100.